The second-order valence-electron chi connectivity index (χ2n) is 6.01. The predicted octanol–water partition coefficient (Wildman–Crippen LogP) is 3.95. The van der Waals surface area contributed by atoms with Crippen LogP contribution >= 0.6 is 0 Å². The third kappa shape index (κ3) is 2.72. The van der Waals surface area contributed by atoms with E-state index in [0.717, 1.165) is 31.1 Å². The molecular weight excluding hydrogens is 296 g/mol. The molecule has 1 aromatic carbocycles. The number of likely N-dealkylation sites (tertiary alicyclic amines) is 1. The molecule has 0 amide bonds. The lowest BCUT2D eigenvalue weighted by Crippen LogP contribution is -2.24. The van der Waals surface area contributed by atoms with Gasteiger partial charge < -0.3 is 4.40 Å². The van der Waals surface area contributed by atoms with Crippen molar-refractivity contribution in [2.45, 2.75) is 25.4 Å². The third-order valence-corrected chi connectivity index (χ3v) is 4.47. The predicted molar refractivity (Wildman–Crippen MR) is 83.9 cm³/mol. The Morgan fingerprint density at radius 3 is 2.78 bits per heavy atom. The van der Waals surface area contributed by atoms with Crippen molar-refractivity contribution in [3.8, 4) is 0 Å². The van der Waals surface area contributed by atoms with E-state index in [0.29, 0.717) is 12.1 Å². The molecule has 1 saturated heterocycles. The minimum atomic E-state index is -0.521. The number of halogens is 2. The van der Waals surface area contributed by atoms with E-state index in [1.54, 1.807) is 6.20 Å². The van der Waals surface area contributed by atoms with Crippen molar-refractivity contribution in [3.63, 3.8) is 0 Å². The zero-order valence-electron chi connectivity index (χ0n) is 12.6. The number of rotatable bonds is 3. The Balaban J connectivity index is 1.65. The lowest BCUT2D eigenvalue weighted by atomic mass is 10.1. The van der Waals surface area contributed by atoms with E-state index in [1.165, 1.54) is 17.8 Å². The molecule has 0 saturated carbocycles. The summed E-state index contributed by atoms with van der Waals surface area (Å²) in [6.45, 7) is 1.47. The van der Waals surface area contributed by atoms with Gasteiger partial charge in [0.05, 0.1) is 6.04 Å². The second-order valence-corrected chi connectivity index (χ2v) is 6.01. The van der Waals surface area contributed by atoms with E-state index in [1.807, 2.05) is 18.3 Å². The average Bonchev–Trinajstić information content (AvgIpc) is 3.14. The molecular formula is C18H17F2N3. The Hall–Kier alpha value is -2.27. The van der Waals surface area contributed by atoms with Crippen molar-refractivity contribution >= 4 is 5.65 Å². The highest BCUT2D eigenvalue weighted by atomic mass is 19.1. The monoisotopic (exact) mass is 313 g/mol. The Bertz CT molecular complexity index is 823. The molecule has 1 aliphatic heterocycles. The molecule has 1 atom stereocenters. The van der Waals surface area contributed by atoms with Gasteiger partial charge in [0.15, 0.2) is 0 Å². The normalized spacial score (nSPS) is 18.8. The third-order valence-electron chi connectivity index (χ3n) is 4.47. The number of hydrogen-bond acceptors (Lipinski definition) is 2. The van der Waals surface area contributed by atoms with Crippen molar-refractivity contribution in [2.24, 2.45) is 0 Å². The van der Waals surface area contributed by atoms with Gasteiger partial charge in [0.25, 0.3) is 0 Å². The molecule has 1 aliphatic rings. The molecule has 0 N–H and O–H groups in total. The Kier molecular flexibility index (Phi) is 3.58. The van der Waals surface area contributed by atoms with E-state index in [-0.39, 0.29) is 6.04 Å². The molecule has 5 heteroatoms. The van der Waals surface area contributed by atoms with Crippen LogP contribution in [0.25, 0.3) is 5.65 Å². The van der Waals surface area contributed by atoms with Crippen LogP contribution in [0.2, 0.25) is 0 Å². The molecule has 3 aromatic rings. The lowest BCUT2D eigenvalue weighted by molar-refractivity contribution is 0.242. The summed E-state index contributed by atoms with van der Waals surface area (Å²) in [5.41, 5.74) is 2.77. The smallest absolute Gasteiger partial charge is 0.136 e. The molecule has 0 spiro atoms. The number of benzene rings is 1. The van der Waals surface area contributed by atoms with E-state index in [2.05, 4.69) is 20.4 Å². The van der Waals surface area contributed by atoms with E-state index in [4.69, 9.17) is 0 Å². The topological polar surface area (TPSA) is 20.5 Å². The van der Waals surface area contributed by atoms with Gasteiger partial charge in [-0.15, -0.1) is 0 Å². The molecule has 0 radical (unpaired) electrons. The summed E-state index contributed by atoms with van der Waals surface area (Å²) in [6, 6.07) is 10.1. The molecule has 0 aliphatic carbocycles. The molecule has 3 heterocycles. The molecule has 4 rings (SSSR count). The van der Waals surface area contributed by atoms with Crippen LogP contribution in [-0.4, -0.2) is 20.8 Å². The molecule has 1 fully saturated rings. The first-order valence-electron chi connectivity index (χ1n) is 7.82. The van der Waals surface area contributed by atoms with Gasteiger partial charge in [0.2, 0.25) is 0 Å². The fraction of sp³-hybridized carbons (Fsp3) is 0.278. The average molecular weight is 313 g/mol. The standard InChI is InChI=1S/C18H17F2N3/c19-14-9-13(10-15(20)11-14)12-22-7-2-4-16(22)17-3-1-5-18-21-6-8-23(17)18/h1,3,5-6,8-11,16H,2,4,7,12H2/t16-/m0/s1. The van der Waals surface area contributed by atoms with Gasteiger partial charge >= 0.3 is 0 Å². The zero-order chi connectivity index (χ0) is 15.8. The van der Waals surface area contributed by atoms with Crippen LogP contribution in [0.4, 0.5) is 8.78 Å². The van der Waals surface area contributed by atoms with Gasteiger partial charge in [-0.25, -0.2) is 13.8 Å². The quantitative estimate of drug-likeness (QED) is 0.730. The second kappa shape index (κ2) is 5.74. The summed E-state index contributed by atoms with van der Waals surface area (Å²) in [7, 11) is 0. The van der Waals surface area contributed by atoms with Gasteiger partial charge in [0.1, 0.15) is 17.3 Å². The maximum absolute atomic E-state index is 13.4. The minimum absolute atomic E-state index is 0.235. The first-order chi connectivity index (χ1) is 11.2. The fourth-order valence-corrected chi connectivity index (χ4v) is 3.53. The Morgan fingerprint density at radius 2 is 1.96 bits per heavy atom. The maximum atomic E-state index is 13.4. The summed E-state index contributed by atoms with van der Waals surface area (Å²) < 4.78 is 28.9. The van der Waals surface area contributed by atoms with Crippen LogP contribution < -0.4 is 0 Å². The molecule has 0 bridgehead atoms. The van der Waals surface area contributed by atoms with E-state index < -0.39 is 11.6 Å². The van der Waals surface area contributed by atoms with Crippen LogP contribution in [0.15, 0.2) is 48.8 Å². The number of nitrogens with zero attached hydrogens (tertiary/aromatic N) is 3. The Labute approximate surface area is 133 Å². The van der Waals surface area contributed by atoms with Gasteiger partial charge in [-0.3, -0.25) is 4.90 Å². The van der Waals surface area contributed by atoms with Crippen molar-refractivity contribution in [2.75, 3.05) is 6.54 Å². The highest BCUT2D eigenvalue weighted by Gasteiger charge is 2.27. The van der Waals surface area contributed by atoms with Crippen LogP contribution in [-0.2, 0) is 6.54 Å². The number of aromatic nitrogens is 2. The molecule has 118 valence electrons. The van der Waals surface area contributed by atoms with Crippen molar-refractivity contribution in [3.05, 3.63) is 71.7 Å². The van der Waals surface area contributed by atoms with E-state index in [9.17, 15) is 8.78 Å². The van der Waals surface area contributed by atoms with Crippen LogP contribution in [0.1, 0.15) is 30.1 Å². The number of fused-ring (bicyclic) bond motifs is 1. The van der Waals surface area contributed by atoms with Crippen LogP contribution in [0, 0.1) is 11.6 Å². The van der Waals surface area contributed by atoms with Gasteiger partial charge in [-0.1, -0.05) is 6.07 Å². The first-order valence-corrected chi connectivity index (χ1v) is 7.82. The molecule has 3 nitrogen and oxygen atoms in total. The number of imidazole rings is 1. The van der Waals surface area contributed by atoms with Crippen molar-refractivity contribution in [1.82, 2.24) is 14.3 Å². The van der Waals surface area contributed by atoms with Gasteiger partial charge in [-0.05, 0) is 49.2 Å². The lowest BCUT2D eigenvalue weighted by Gasteiger charge is -2.25. The summed E-state index contributed by atoms with van der Waals surface area (Å²) in [6.07, 6.45) is 5.87. The number of pyridine rings is 1. The number of hydrogen-bond donors (Lipinski definition) is 0. The van der Waals surface area contributed by atoms with Crippen LogP contribution in [0.3, 0.4) is 0 Å². The molecule has 0 unspecified atom stereocenters. The Morgan fingerprint density at radius 1 is 1.13 bits per heavy atom. The highest BCUT2D eigenvalue weighted by molar-refractivity contribution is 5.40. The van der Waals surface area contributed by atoms with Gasteiger partial charge in [-0.2, -0.15) is 0 Å². The summed E-state index contributed by atoms with van der Waals surface area (Å²) >= 11 is 0. The maximum Gasteiger partial charge on any atom is 0.136 e. The SMILES string of the molecule is Fc1cc(F)cc(CN2CCC[C@H]2c2cccc3nccn23)c1. The molecule has 23 heavy (non-hydrogen) atoms. The van der Waals surface area contributed by atoms with Crippen molar-refractivity contribution < 1.29 is 8.78 Å². The largest absolute Gasteiger partial charge is 0.302 e. The fourth-order valence-electron chi connectivity index (χ4n) is 3.53. The molecule has 2 aromatic heterocycles. The zero-order valence-corrected chi connectivity index (χ0v) is 12.6. The summed E-state index contributed by atoms with van der Waals surface area (Å²) in [5, 5.41) is 0. The van der Waals surface area contributed by atoms with Crippen LogP contribution in [0.5, 0.6) is 0 Å². The first kappa shape index (κ1) is 14.3. The summed E-state index contributed by atoms with van der Waals surface area (Å²) in [4.78, 5) is 6.61. The van der Waals surface area contributed by atoms with Crippen molar-refractivity contribution in [1.29, 1.82) is 0 Å². The summed E-state index contributed by atoms with van der Waals surface area (Å²) in [5.74, 6) is -1.04. The van der Waals surface area contributed by atoms with Gasteiger partial charge in [0, 0.05) is 30.7 Å². The van der Waals surface area contributed by atoms with E-state index >= 15 is 0 Å². The highest BCUT2D eigenvalue weighted by Crippen LogP contribution is 2.33. The minimum Gasteiger partial charge on any atom is -0.302 e.